The Balaban J connectivity index is 1.82. The van der Waals surface area contributed by atoms with E-state index in [9.17, 15) is 9.59 Å². The van der Waals surface area contributed by atoms with Gasteiger partial charge in [0.1, 0.15) is 6.26 Å². The second kappa shape index (κ2) is 5.99. The third kappa shape index (κ3) is 2.56. The average molecular weight is 302 g/mol. The summed E-state index contributed by atoms with van der Waals surface area (Å²) < 4.78 is 5.01. The molecule has 1 aromatic heterocycles. The number of amides is 2. The van der Waals surface area contributed by atoms with E-state index in [1.54, 1.807) is 12.1 Å². The minimum Gasteiger partial charge on any atom is -0.472 e. The molecule has 0 aliphatic carbocycles. The van der Waals surface area contributed by atoms with E-state index in [1.165, 1.54) is 12.5 Å². The molecule has 0 aromatic carbocycles. The van der Waals surface area contributed by atoms with Crippen molar-refractivity contribution in [2.75, 3.05) is 19.6 Å². The Morgan fingerprint density at radius 2 is 2.23 bits per heavy atom. The van der Waals surface area contributed by atoms with Crippen LogP contribution in [0.1, 0.15) is 42.5 Å². The van der Waals surface area contributed by atoms with Crippen molar-refractivity contribution in [2.24, 2.45) is 0 Å². The Kier molecular flexibility index (Phi) is 4.05. The van der Waals surface area contributed by atoms with Crippen molar-refractivity contribution >= 4 is 11.8 Å². The van der Waals surface area contributed by atoms with E-state index in [2.05, 4.69) is 6.58 Å². The van der Waals surface area contributed by atoms with Gasteiger partial charge in [-0.1, -0.05) is 6.08 Å². The van der Waals surface area contributed by atoms with Crippen LogP contribution in [0.3, 0.4) is 0 Å². The lowest BCUT2D eigenvalue weighted by atomic mass is 9.79. The minimum atomic E-state index is -0.221. The molecule has 5 nitrogen and oxygen atoms in total. The molecule has 5 heteroatoms. The fraction of sp³-hybridized carbons (Fsp3) is 0.529. The van der Waals surface area contributed by atoms with Crippen molar-refractivity contribution in [3.63, 3.8) is 0 Å². The first-order valence-corrected chi connectivity index (χ1v) is 7.89. The lowest BCUT2D eigenvalue weighted by Crippen LogP contribution is -2.63. The normalized spacial score (nSPS) is 25.5. The summed E-state index contributed by atoms with van der Waals surface area (Å²) in [5.74, 6) is 0.174. The van der Waals surface area contributed by atoms with Gasteiger partial charge in [-0.3, -0.25) is 9.59 Å². The number of hydrogen-bond donors (Lipinski definition) is 0. The van der Waals surface area contributed by atoms with E-state index in [0.717, 1.165) is 32.2 Å². The van der Waals surface area contributed by atoms with E-state index in [1.807, 2.05) is 9.80 Å². The molecule has 22 heavy (non-hydrogen) atoms. The molecule has 0 bridgehead atoms. The van der Waals surface area contributed by atoms with Crippen LogP contribution < -0.4 is 0 Å². The Labute approximate surface area is 130 Å². The maximum Gasteiger partial charge on any atom is 0.257 e. The first kappa shape index (κ1) is 14.9. The summed E-state index contributed by atoms with van der Waals surface area (Å²) in [6.45, 7) is 5.68. The van der Waals surface area contributed by atoms with E-state index in [-0.39, 0.29) is 17.4 Å². The van der Waals surface area contributed by atoms with Crippen LogP contribution in [0.25, 0.3) is 0 Å². The van der Waals surface area contributed by atoms with Crippen molar-refractivity contribution in [1.29, 1.82) is 0 Å². The Morgan fingerprint density at radius 1 is 1.41 bits per heavy atom. The third-order valence-electron chi connectivity index (χ3n) is 4.83. The second-order valence-corrected chi connectivity index (χ2v) is 6.21. The highest BCUT2D eigenvalue weighted by Gasteiger charge is 2.45. The molecule has 2 aliphatic heterocycles. The molecule has 118 valence electrons. The van der Waals surface area contributed by atoms with Gasteiger partial charge in [-0.05, 0) is 31.7 Å². The van der Waals surface area contributed by atoms with Crippen molar-refractivity contribution in [1.82, 2.24) is 9.80 Å². The van der Waals surface area contributed by atoms with Crippen LogP contribution in [0, 0.1) is 0 Å². The topological polar surface area (TPSA) is 53.8 Å². The number of nitrogens with zero attached hydrogens (tertiary/aromatic N) is 2. The lowest BCUT2D eigenvalue weighted by Gasteiger charge is -2.51. The molecule has 1 spiro atoms. The minimum absolute atomic E-state index is 0.00981. The summed E-state index contributed by atoms with van der Waals surface area (Å²) >= 11 is 0. The molecular weight excluding hydrogens is 280 g/mol. The highest BCUT2D eigenvalue weighted by atomic mass is 16.3. The summed E-state index contributed by atoms with van der Waals surface area (Å²) in [4.78, 5) is 28.7. The Bertz CT molecular complexity index is 562. The number of carbonyl (C=O) groups is 2. The highest BCUT2D eigenvalue weighted by molar-refractivity contribution is 5.94. The van der Waals surface area contributed by atoms with Gasteiger partial charge in [-0.2, -0.15) is 0 Å². The molecule has 1 atom stereocenters. The summed E-state index contributed by atoms with van der Waals surface area (Å²) in [5.41, 5.74) is 0.357. The number of hydrogen-bond acceptors (Lipinski definition) is 3. The number of piperidine rings is 2. The van der Waals surface area contributed by atoms with Gasteiger partial charge < -0.3 is 14.2 Å². The van der Waals surface area contributed by atoms with Crippen LogP contribution in [-0.2, 0) is 4.79 Å². The van der Waals surface area contributed by atoms with Gasteiger partial charge in [0.2, 0.25) is 5.91 Å². The summed E-state index contributed by atoms with van der Waals surface area (Å²) in [5, 5.41) is 0. The van der Waals surface area contributed by atoms with Crippen LogP contribution in [0.2, 0.25) is 0 Å². The number of furan rings is 1. The summed E-state index contributed by atoms with van der Waals surface area (Å²) in [7, 11) is 0. The Morgan fingerprint density at radius 3 is 2.95 bits per heavy atom. The number of likely N-dealkylation sites (tertiary alicyclic amines) is 2. The molecule has 2 fully saturated rings. The largest absolute Gasteiger partial charge is 0.472 e. The monoisotopic (exact) mass is 302 g/mol. The highest BCUT2D eigenvalue weighted by Crippen LogP contribution is 2.37. The van der Waals surface area contributed by atoms with Gasteiger partial charge in [0.25, 0.3) is 5.91 Å². The average Bonchev–Trinajstić information content (AvgIpc) is 3.05. The first-order chi connectivity index (χ1) is 10.7. The predicted molar refractivity (Wildman–Crippen MR) is 82.3 cm³/mol. The van der Waals surface area contributed by atoms with Gasteiger partial charge in [0.05, 0.1) is 17.4 Å². The van der Waals surface area contributed by atoms with Gasteiger partial charge in [-0.25, -0.2) is 0 Å². The quantitative estimate of drug-likeness (QED) is 0.806. The van der Waals surface area contributed by atoms with Crippen LogP contribution in [0.4, 0.5) is 0 Å². The summed E-state index contributed by atoms with van der Waals surface area (Å²) in [6.07, 6.45) is 9.12. The molecular formula is C17H22N2O3. The lowest BCUT2D eigenvalue weighted by molar-refractivity contribution is -0.143. The fourth-order valence-electron chi connectivity index (χ4n) is 3.81. The zero-order valence-corrected chi connectivity index (χ0v) is 12.8. The predicted octanol–water partition coefficient (Wildman–Crippen LogP) is 2.45. The maximum atomic E-state index is 12.6. The zero-order chi connectivity index (χ0) is 15.6. The number of carbonyl (C=O) groups excluding carboxylic acids is 2. The molecule has 2 aliphatic rings. The SMILES string of the molecule is C=CCN1C(=O)CCC[C@@]12CCCN(C(=O)c1ccoc1)C2. The Hall–Kier alpha value is -2.04. The van der Waals surface area contributed by atoms with Crippen LogP contribution in [0.5, 0.6) is 0 Å². The van der Waals surface area contributed by atoms with E-state index in [4.69, 9.17) is 4.42 Å². The molecule has 0 radical (unpaired) electrons. The molecule has 1 aromatic rings. The van der Waals surface area contributed by atoms with Gasteiger partial charge in [-0.15, -0.1) is 6.58 Å². The molecule has 2 saturated heterocycles. The molecule has 0 N–H and O–H groups in total. The smallest absolute Gasteiger partial charge is 0.257 e. The van der Waals surface area contributed by atoms with E-state index >= 15 is 0 Å². The zero-order valence-electron chi connectivity index (χ0n) is 12.8. The van der Waals surface area contributed by atoms with Gasteiger partial charge >= 0.3 is 0 Å². The van der Waals surface area contributed by atoms with Crippen LogP contribution >= 0.6 is 0 Å². The van der Waals surface area contributed by atoms with Crippen molar-refractivity contribution in [2.45, 2.75) is 37.6 Å². The molecule has 3 heterocycles. The van der Waals surface area contributed by atoms with E-state index in [0.29, 0.717) is 25.1 Å². The van der Waals surface area contributed by atoms with Crippen molar-refractivity contribution in [3.05, 3.63) is 36.8 Å². The third-order valence-corrected chi connectivity index (χ3v) is 4.83. The first-order valence-electron chi connectivity index (χ1n) is 7.89. The summed E-state index contributed by atoms with van der Waals surface area (Å²) in [6, 6.07) is 1.69. The molecule has 0 unspecified atom stereocenters. The standard InChI is InChI=1S/C17H22N2O3/c1-2-9-19-15(20)5-3-7-17(19)8-4-10-18(13-17)16(21)14-6-11-22-12-14/h2,6,11-12H,1,3-5,7-10,13H2/t17-/m0/s1. The molecule has 2 amide bonds. The number of rotatable bonds is 3. The van der Waals surface area contributed by atoms with Crippen molar-refractivity contribution in [3.8, 4) is 0 Å². The second-order valence-electron chi connectivity index (χ2n) is 6.21. The van der Waals surface area contributed by atoms with Crippen LogP contribution in [-0.4, -0.2) is 46.8 Å². The van der Waals surface area contributed by atoms with Gasteiger partial charge in [0, 0.05) is 26.1 Å². The fourth-order valence-corrected chi connectivity index (χ4v) is 3.81. The van der Waals surface area contributed by atoms with Crippen LogP contribution in [0.15, 0.2) is 35.7 Å². The van der Waals surface area contributed by atoms with E-state index < -0.39 is 0 Å². The molecule has 0 saturated carbocycles. The molecule has 3 rings (SSSR count). The van der Waals surface area contributed by atoms with Gasteiger partial charge in [0.15, 0.2) is 0 Å². The maximum absolute atomic E-state index is 12.6. The van der Waals surface area contributed by atoms with Crippen molar-refractivity contribution < 1.29 is 14.0 Å².